The molecule has 3 aromatic rings. The number of hydrogen-bond acceptors (Lipinski definition) is 4. The molecule has 0 aliphatic carbocycles. The molecule has 30 heavy (non-hydrogen) atoms. The number of carbonyl (C=O) groups is 1. The summed E-state index contributed by atoms with van der Waals surface area (Å²) in [6.07, 6.45) is 1.97. The lowest BCUT2D eigenvalue weighted by Gasteiger charge is -2.34. The van der Waals surface area contributed by atoms with Gasteiger partial charge < -0.3 is 10.6 Å². The third-order valence-corrected chi connectivity index (χ3v) is 6.52. The maximum Gasteiger partial charge on any atom is 0.227 e. The van der Waals surface area contributed by atoms with E-state index < -0.39 is 0 Å². The number of fused-ring (bicyclic) bond motifs is 1. The highest BCUT2D eigenvalue weighted by Crippen LogP contribution is 2.32. The Morgan fingerprint density at radius 2 is 2.03 bits per heavy atom. The van der Waals surface area contributed by atoms with Gasteiger partial charge >= 0.3 is 0 Å². The standard InChI is InChI=1S/C24H31N5O/c1-15(13-29-18(4)16(2)17(3)27-29)24(30)28-11-7-9-20(14-28)23-21(25)12-19-8-5-6-10-22(19)26-23/h5-6,8,10,12,15,20H,7,9,11,13-14,25H2,1-4H3/t15-,20+/m0/s1. The van der Waals surface area contributed by atoms with Gasteiger partial charge in [0.2, 0.25) is 5.91 Å². The van der Waals surface area contributed by atoms with Gasteiger partial charge in [0.15, 0.2) is 0 Å². The Balaban J connectivity index is 1.50. The van der Waals surface area contributed by atoms with Gasteiger partial charge in [0.25, 0.3) is 0 Å². The van der Waals surface area contributed by atoms with E-state index in [1.165, 1.54) is 5.56 Å². The number of piperidine rings is 1. The van der Waals surface area contributed by atoms with E-state index in [1.807, 2.05) is 53.8 Å². The van der Waals surface area contributed by atoms with Crippen molar-refractivity contribution in [3.63, 3.8) is 0 Å². The molecular formula is C24H31N5O. The van der Waals surface area contributed by atoms with Crippen molar-refractivity contribution in [1.82, 2.24) is 19.7 Å². The van der Waals surface area contributed by atoms with Crippen LogP contribution in [0.25, 0.3) is 10.9 Å². The number of benzene rings is 1. The van der Waals surface area contributed by atoms with Crippen LogP contribution in [0.5, 0.6) is 0 Å². The molecule has 2 N–H and O–H groups in total. The molecule has 0 bridgehead atoms. The maximum absolute atomic E-state index is 13.2. The molecule has 1 fully saturated rings. The highest BCUT2D eigenvalue weighted by atomic mass is 16.2. The van der Waals surface area contributed by atoms with Gasteiger partial charge in [-0.1, -0.05) is 25.1 Å². The molecule has 2 aromatic heterocycles. The molecule has 2 atom stereocenters. The maximum atomic E-state index is 13.2. The summed E-state index contributed by atoms with van der Waals surface area (Å²) < 4.78 is 1.97. The van der Waals surface area contributed by atoms with Crippen molar-refractivity contribution in [3.8, 4) is 0 Å². The van der Waals surface area contributed by atoms with E-state index in [4.69, 9.17) is 10.7 Å². The SMILES string of the molecule is Cc1nn(C[C@H](C)C(=O)N2CCC[C@@H](c3nc4ccccc4cc3N)C2)c(C)c1C. The van der Waals surface area contributed by atoms with E-state index in [2.05, 4.69) is 18.9 Å². The van der Waals surface area contributed by atoms with Crippen molar-refractivity contribution in [1.29, 1.82) is 0 Å². The van der Waals surface area contributed by atoms with Crippen LogP contribution in [0.3, 0.4) is 0 Å². The first-order valence-corrected chi connectivity index (χ1v) is 10.8. The molecule has 1 aliphatic heterocycles. The number of rotatable bonds is 4. The summed E-state index contributed by atoms with van der Waals surface area (Å²) >= 11 is 0. The first-order chi connectivity index (χ1) is 14.3. The van der Waals surface area contributed by atoms with Gasteiger partial charge in [-0.2, -0.15) is 5.10 Å². The van der Waals surface area contributed by atoms with E-state index in [1.54, 1.807) is 0 Å². The van der Waals surface area contributed by atoms with Gasteiger partial charge in [0.05, 0.1) is 35.1 Å². The molecule has 0 spiro atoms. The third kappa shape index (κ3) is 3.78. The minimum Gasteiger partial charge on any atom is -0.397 e. The minimum atomic E-state index is -0.122. The van der Waals surface area contributed by atoms with Gasteiger partial charge in [0, 0.05) is 30.1 Å². The summed E-state index contributed by atoms with van der Waals surface area (Å²) in [7, 11) is 0. The molecule has 1 aliphatic rings. The number of aryl methyl sites for hydroxylation is 1. The average molecular weight is 406 g/mol. The summed E-state index contributed by atoms with van der Waals surface area (Å²) in [5.41, 5.74) is 12.3. The highest BCUT2D eigenvalue weighted by Gasteiger charge is 2.30. The van der Waals surface area contributed by atoms with Crippen LogP contribution >= 0.6 is 0 Å². The fraction of sp³-hybridized carbons (Fsp3) is 0.458. The molecule has 1 saturated heterocycles. The number of nitrogen functional groups attached to an aromatic ring is 1. The van der Waals surface area contributed by atoms with E-state index in [-0.39, 0.29) is 17.7 Å². The first-order valence-electron chi connectivity index (χ1n) is 10.8. The van der Waals surface area contributed by atoms with Crippen LogP contribution in [-0.4, -0.2) is 38.7 Å². The Kier molecular flexibility index (Phi) is 5.50. The second-order valence-electron chi connectivity index (χ2n) is 8.66. The lowest BCUT2D eigenvalue weighted by molar-refractivity contribution is -0.136. The van der Waals surface area contributed by atoms with Gasteiger partial charge in [-0.15, -0.1) is 0 Å². The predicted octanol–water partition coefficient (Wildman–Crippen LogP) is 3.98. The summed E-state index contributed by atoms with van der Waals surface area (Å²) in [6, 6.07) is 10.0. The van der Waals surface area contributed by atoms with E-state index in [9.17, 15) is 4.79 Å². The fourth-order valence-electron chi connectivity index (χ4n) is 4.49. The van der Waals surface area contributed by atoms with Crippen molar-refractivity contribution in [2.24, 2.45) is 5.92 Å². The molecule has 1 aromatic carbocycles. The third-order valence-electron chi connectivity index (χ3n) is 6.52. The van der Waals surface area contributed by atoms with E-state index in [0.29, 0.717) is 13.1 Å². The highest BCUT2D eigenvalue weighted by molar-refractivity contribution is 5.82. The number of likely N-dealkylation sites (tertiary alicyclic amines) is 1. The Hall–Kier alpha value is -2.89. The quantitative estimate of drug-likeness (QED) is 0.712. The zero-order valence-corrected chi connectivity index (χ0v) is 18.4. The summed E-state index contributed by atoms with van der Waals surface area (Å²) in [5, 5.41) is 5.65. The van der Waals surface area contributed by atoms with Crippen LogP contribution in [0.4, 0.5) is 5.69 Å². The van der Waals surface area contributed by atoms with Crippen LogP contribution in [-0.2, 0) is 11.3 Å². The van der Waals surface area contributed by atoms with Gasteiger partial charge in [-0.3, -0.25) is 14.5 Å². The van der Waals surface area contributed by atoms with Crippen LogP contribution in [0.1, 0.15) is 48.3 Å². The number of hydrogen-bond donors (Lipinski definition) is 1. The number of anilines is 1. The van der Waals surface area contributed by atoms with Gasteiger partial charge in [-0.25, -0.2) is 0 Å². The van der Waals surface area contributed by atoms with Crippen molar-refractivity contribution < 1.29 is 4.79 Å². The molecule has 6 nitrogen and oxygen atoms in total. The Labute approximate surface area is 178 Å². The van der Waals surface area contributed by atoms with Gasteiger partial charge in [0.1, 0.15) is 0 Å². The molecule has 158 valence electrons. The van der Waals surface area contributed by atoms with Crippen LogP contribution in [0.15, 0.2) is 30.3 Å². The minimum absolute atomic E-state index is 0.122. The monoisotopic (exact) mass is 405 g/mol. The Morgan fingerprint density at radius 1 is 1.27 bits per heavy atom. The smallest absolute Gasteiger partial charge is 0.227 e. The molecule has 6 heteroatoms. The van der Waals surface area contributed by atoms with Crippen molar-refractivity contribution in [2.45, 2.75) is 53.0 Å². The van der Waals surface area contributed by atoms with Crippen molar-refractivity contribution >= 4 is 22.5 Å². The van der Waals surface area contributed by atoms with Crippen LogP contribution in [0.2, 0.25) is 0 Å². The fourth-order valence-corrected chi connectivity index (χ4v) is 4.49. The molecule has 0 radical (unpaired) electrons. The normalized spacial score (nSPS) is 18.0. The predicted molar refractivity (Wildman–Crippen MR) is 120 cm³/mol. The summed E-state index contributed by atoms with van der Waals surface area (Å²) in [6.45, 7) is 10.2. The number of para-hydroxylation sites is 1. The number of aromatic nitrogens is 3. The summed E-state index contributed by atoms with van der Waals surface area (Å²) in [5.74, 6) is 0.239. The largest absolute Gasteiger partial charge is 0.397 e. The summed E-state index contributed by atoms with van der Waals surface area (Å²) in [4.78, 5) is 20.1. The second kappa shape index (κ2) is 8.09. The molecule has 4 rings (SSSR count). The lowest BCUT2D eigenvalue weighted by Crippen LogP contribution is -2.43. The molecule has 0 unspecified atom stereocenters. The zero-order valence-electron chi connectivity index (χ0n) is 18.4. The number of nitrogens with two attached hydrogens (primary N) is 1. The molecule has 1 amide bonds. The average Bonchev–Trinajstić information content (AvgIpc) is 2.99. The number of nitrogens with zero attached hydrogens (tertiary/aromatic N) is 4. The Bertz CT molecular complexity index is 1090. The van der Waals surface area contributed by atoms with Crippen LogP contribution in [0, 0.1) is 26.7 Å². The molecular weight excluding hydrogens is 374 g/mol. The molecule has 0 saturated carbocycles. The first kappa shape index (κ1) is 20.4. The van der Waals surface area contributed by atoms with Crippen molar-refractivity contribution in [3.05, 3.63) is 53.0 Å². The number of pyridine rings is 1. The number of amides is 1. The van der Waals surface area contributed by atoms with E-state index in [0.717, 1.165) is 53.1 Å². The van der Waals surface area contributed by atoms with Gasteiger partial charge in [-0.05, 0) is 51.3 Å². The number of carbonyl (C=O) groups excluding carboxylic acids is 1. The Morgan fingerprint density at radius 3 is 2.77 bits per heavy atom. The zero-order chi connectivity index (χ0) is 21.4. The second-order valence-corrected chi connectivity index (χ2v) is 8.66. The van der Waals surface area contributed by atoms with Crippen LogP contribution < -0.4 is 5.73 Å². The molecule has 3 heterocycles. The lowest BCUT2D eigenvalue weighted by atomic mass is 9.92. The topological polar surface area (TPSA) is 77.0 Å². The van der Waals surface area contributed by atoms with Crippen molar-refractivity contribution in [2.75, 3.05) is 18.8 Å². The van der Waals surface area contributed by atoms with E-state index >= 15 is 0 Å².